The average Bonchev–Trinajstić information content (AvgIpc) is 2.21. The number of likely N-dealkylation sites (N-methyl/N-ethyl adjacent to an activating group) is 1. The Hall–Kier alpha value is -0.810. The quantitative estimate of drug-likeness (QED) is 0.719. The van der Waals surface area contributed by atoms with Gasteiger partial charge in [-0.05, 0) is 27.7 Å². The van der Waals surface area contributed by atoms with Crippen molar-refractivity contribution in [2.24, 2.45) is 0 Å². The van der Waals surface area contributed by atoms with E-state index in [0.29, 0.717) is 19.7 Å². The second-order valence-electron chi connectivity index (χ2n) is 4.83. The van der Waals surface area contributed by atoms with Crippen LogP contribution in [0.1, 0.15) is 27.7 Å². The van der Waals surface area contributed by atoms with Crippen LogP contribution in [0.3, 0.4) is 0 Å². The van der Waals surface area contributed by atoms with Gasteiger partial charge >= 0.3 is 6.09 Å². The van der Waals surface area contributed by atoms with E-state index in [1.54, 1.807) is 19.1 Å². The fourth-order valence-electron chi connectivity index (χ4n) is 1.29. The number of hydrogen-bond donors (Lipinski definition) is 0. The highest BCUT2D eigenvalue weighted by atomic mass is 16.6. The van der Waals surface area contributed by atoms with Gasteiger partial charge in [0.05, 0.1) is 19.3 Å². The van der Waals surface area contributed by atoms with Gasteiger partial charge in [0, 0.05) is 20.8 Å². The minimum Gasteiger partial charge on any atom is -0.444 e. The van der Waals surface area contributed by atoms with E-state index in [-0.39, 0.29) is 12.2 Å². The molecule has 0 aliphatic rings. The summed E-state index contributed by atoms with van der Waals surface area (Å²) in [5.74, 6) is 0. The van der Waals surface area contributed by atoms with Gasteiger partial charge in [-0.3, -0.25) is 0 Å². The Morgan fingerprint density at radius 2 is 1.88 bits per heavy atom. The predicted molar refractivity (Wildman–Crippen MR) is 66.2 cm³/mol. The van der Waals surface area contributed by atoms with Crippen LogP contribution >= 0.6 is 0 Å². The van der Waals surface area contributed by atoms with Gasteiger partial charge in [0.15, 0.2) is 0 Å². The first-order valence-electron chi connectivity index (χ1n) is 5.83. The van der Waals surface area contributed by atoms with E-state index >= 15 is 0 Å². The van der Waals surface area contributed by atoms with E-state index in [9.17, 15) is 4.79 Å². The Bertz CT molecular complexity index is 225. The Morgan fingerprint density at radius 3 is 2.24 bits per heavy atom. The van der Waals surface area contributed by atoms with Gasteiger partial charge in [-0.15, -0.1) is 0 Å². The van der Waals surface area contributed by atoms with Crippen molar-refractivity contribution in [3.8, 4) is 0 Å². The van der Waals surface area contributed by atoms with Gasteiger partial charge in [-0.2, -0.15) is 0 Å². The summed E-state index contributed by atoms with van der Waals surface area (Å²) in [6.07, 6.45) is -0.453. The maximum atomic E-state index is 11.9. The third kappa shape index (κ3) is 7.18. The Labute approximate surface area is 104 Å². The second-order valence-corrected chi connectivity index (χ2v) is 4.83. The number of carbonyl (C=O) groups is 1. The number of hydrogen-bond acceptors (Lipinski definition) is 4. The standard InChI is InChI=1S/C12H25NO4/c1-7-13(8-10(16-6)9-15-5)11(14)17-12(2,3)4/h10H,7-9H2,1-6H3. The molecule has 0 spiro atoms. The SMILES string of the molecule is CCN(CC(COC)OC)C(=O)OC(C)(C)C. The van der Waals surface area contributed by atoms with E-state index in [0.717, 1.165) is 0 Å². The van der Waals surface area contributed by atoms with Crippen molar-refractivity contribution in [2.45, 2.75) is 39.4 Å². The van der Waals surface area contributed by atoms with Crippen LogP contribution in [-0.4, -0.2) is 56.6 Å². The minimum absolute atomic E-state index is 0.132. The van der Waals surface area contributed by atoms with E-state index in [1.807, 2.05) is 27.7 Å². The molecule has 0 rings (SSSR count). The summed E-state index contributed by atoms with van der Waals surface area (Å²) in [5.41, 5.74) is -0.478. The summed E-state index contributed by atoms with van der Waals surface area (Å²) in [6, 6.07) is 0. The largest absolute Gasteiger partial charge is 0.444 e. The summed E-state index contributed by atoms with van der Waals surface area (Å²) in [6.45, 7) is 8.96. The molecule has 0 heterocycles. The van der Waals surface area contributed by atoms with Gasteiger partial charge in [0.25, 0.3) is 0 Å². The van der Waals surface area contributed by atoms with Crippen LogP contribution in [0.15, 0.2) is 0 Å². The van der Waals surface area contributed by atoms with E-state index < -0.39 is 5.60 Å². The van der Waals surface area contributed by atoms with Crippen LogP contribution in [0.25, 0.3) is 0 Å². The van der Waals surface area contributed by atoms with Crippen molar-refractivity contribution in [1.82, 2.24) is 4.90 Å². The smallest absolute Gasteiger partial charge is 0.410 e. The molecular weight excluding hydrogens is 222 g/mol. The van der Waals surface area contributed by atoms with Crippen LogP contribution in [0.2, 0.25) is 0 Å². The first-order valence-corrected chi connectivity index (χ1v) is 5.83. The molecule has 1 atom stereocenters. The minimum atomic E-state index is -0.478. The summed E-state index contributed by atoms with van der Waals surface area (Å²) in [5, 5.41) is 0. The number of amides is 1. The summed E-state index contributed by atoms with van der Waals surface area (Å²) >= 11 is 0. The molecule has 0 aromatic heterocycles. The van der Waals surface area contributed by atoms with Gasteiger partial charge in [0.2, 0.25) is 0 Å². The third-order valence-electron chi connectivity index (χ3n) is 2.14. The molecule has 5 nitrogen and oxygen atoms in total. The van der Waals surface area contributed by atoms with Crippen LogP contribution in [0, 0.1) is 0 Å². The molecule has 102 valence electrons. The molecule has 0 saturated heterocycles. The molecule has 0 aliphatic heterocycles. The van der Waals surface area contributed by atoms with E-state index in [2.05, 4.69) is 0 Å². The van der Waals surface area contributed by atoms with Gasteiger partial charge in [-0.1, -0.05) is 0 Å². The number of methoxy groups -OCH3 is 2. The number of carbonyl (C=O) groups excluding carboxylic acids is 1. The molecule has 0 bridgehead atoms. The molecule has 17 heavy (non-hydrogen) atoms. The van der Waals surface area contributed by atoms with Crippen molar-refractivity contribution < 1.29 is 19.0 Å². The van der Waals surface area contributed by atoms with Gasteiger partial charge in [0.1, 0.15) is 5.60 Å². The lowest BCUT2D eigenvalue weighted by Gasteiger charge is -2.28. The molecule has 0 aromatic carbocycles. The third-order valence-corrected chi connectivity index (χ3v) is 2.14. The molecule has 0 aromatic rings. The van der Waals surface area contributed by atoms with Gasteiger partial charge < -0.3 is 19.1 Å². The zero-order valence-electron chi connectivity index (χ0n) is 11.8. The normalized spacial score (nSPS) is 13.3. The molecule has 0 saturated carbocycles. The maximum absolute atomic E-state index is 11.9. The maximum Gasteiger partial charge on any atom is 0.410 e. The molecule has 1 unspecified atom stereocenters. The predicted octanol–water partition coefficient (Wildman–Crippen LogP) is 1.90. The fraction of sp³-hybridized carbons (Fsp3) is 0.917. The first-order chi connectivity index (χ1) is 7.84. The molecule has 0 N–H and O–H groups in total. The van der Waals surface area contributed by atoms with Crippen molar-refractivity contribution in [2.75, 3.05) is 33.9 Å². The molecule has 5 heteroatoms. The fourth-order valence-corrected chi connectivity index (χ4v) is 1.29. The van der Waals surface area contributed by atoms with Crippen LogP contribution in [0.5, 0.6) is 0 Å². The molecular formula is C12H25NO4. The lowest BCUT2D eigenvalue weighted by Crippen LogP contribution is -2.42. The van der Waals surface area contributed by atoms with E-state index in [1.165, 1.54) is 0 Å². The monoisotopic (exact) mass is 247 g/mol. The molecule has 1 amide bonds. The van der Waals surface area contributed by atoms with Crippen molar-refractivity contribution in [1.29, 1.82) is 0 Å². The van der Waals surface area contributed by atoms with Crippen LogP contribution in [-0.2, 0) is 14.2 Å². The van der Waals surface area contributed by atoms with Crippen molar-refractivity contribution >= 4 is 6.09 Å². The Morgan fingerprint density at radius 1 is 1.29 bits per heavy atom. The number of ether oxygens (including phenoxy) is 3. The van der Waals surface area contributed by atoms with Gasteiger partial charge in [-0.25, -0.2) is 4.79 Å². The van der Waals surface area contributed by atoms with Crippen LogP contribution < -0.4 is 0 Å². The lowest BCUT2D eigenvalue weighted by atomic mass is 10.2. The highest BCUT2D eigenvalue weighted by molar-refractivity contribution is 5.68. The van der Waals surface area contributed by atoms with Crippen molar-refractivity contribution in [3.63, 3.8) is 0 Å². The molecule has 0 aliphatic carbocycles. The molecule has 0 radical (unpaired) electrons. The van der Waals surface area contributed by atoms with Crippen LogP contribution in [0.4, 0.5) is 4.79 Å². The molecule has 0 fully saturated rings. The van der Waals surface area contributed by atoms with Crippen molar-refractivity contribution in [3.05, 3.63) is 0 Å². The van der Waals surface area contributed by atoms with E-state index in [4.69, 9.17) is 14.2 Å². The number of rotatable bonds is 6. The Balaban J connectivity index is 4.35. The zero-order valence-corrected chi connectivity index (χ0v) is 11.8. The highest BCUT2D eigenvalue weighted by Crippen LogP contribution is 2.10. The number of nitrogens with zero attached hydrogens (tertiary/aromatic N) is 1. The summed E-state index contributed by atoms with van der Waals surface area (Å²) in [7, 11) is 3.21. The average molecular weight is 247 g/mol. The summed E-state index contributed by atoms with van der Waals surface area (Å²) in [4.78, 5) is 13.5. The summed E-state index contributed by atoms with van der Waals surface area (Å²) < 4.78 is 15.6. The first kappa shape index (κ1) is 16.2. The highest BCUT2D eigenvalue weighted by Gasteiger charge is 2.23. The zero-order chi connectivity index (χ0) is 13.5. The Kier molecular flexibility index (Phi) is 7.15. The lowest BCUT2D eigenvalue weighted by molar-refractivity contribution is -0.0106. The second kappa shape index (κ2) is 7.50. The topological polar surface area (TPSA) is 48.0 Å².